The first-order chi connectivity index (χ1) is 9.71. The zero-order valence-electron chi connectivity index (χ0n) is 12.4. The van der Waals surface area contributed by atoms with Crippen molar-refractivity contribution in [1.82, 2.24) is 15.0 Å². The molecule has 1 aromatic rings. The summed E-state index contributed by atoms with van der Waals surface area (Å²) < 4.78 is 0. The average molecular weight is 276 g/mol. The molecule has 2 saturated carbocycles. The third-order valence-corrected chi connectivity index (χ3v) is 4.07. The van der Waals surface area contributed by atoms with Crippen molar-refractivity contribution in [2.45, 2.75) is 45.6 Å². The van der Waals surface area contributed by atoms with Gasteiger partial charge in [0.05, 0.1) is 0 Å². The van der Waals surface area contributed by atoms with Crippen molar-refractivity contribution in [3.63, 3.8) is 0 Å². The highest BCUT2D eigenvalue weighted by atomic mass is 15.4. The fraction of sp³-hybridized carbons (Fsp3) is 0.786. The molecule has 2 aliphatic carbocycles. The molecule has 0 spiro atoms. The van der Waals surface area contributed by atoms with Gasteiger partial charge in [-0.3, -0.25) is 0 Å². The number of hydrogen-bond donors (Lipinski definition) is 1. The van der Waals surface area contributed by atoms with Gasteiger partial charge in [-0.25, -0.2) is 0 Å². The largest absolute Gasteiger partial charge is 0.368 e. The van der Waals surface area contributed by atoms with E-state index in [-0.39, 0.29) is 0 Å². The van der Waals surface area contributed by atoms with Crippen LogP contribution in [-0.2, 0) is 0 Å². The Kier molecular flexibility index (Phi) is 3.63. The van der Waals surface area contributed by atoms with Gasteiger partial charge in [0.25, 0.3) is 0 Å². The Balaban J connectivity index is 1.86. The summed E-state index contributed by atoms with van der Waals surface area (Å²) in [6.07, 6.45) is 5.18. The van der Waals surface area contributed by atoms with Crippen LogP contribution >= 0.6 is 0 Å². The van der Waals surface area contributed by atoms with E-state index in [0.29, 0.717) is 17.9 Å². The molecule has 20 heavy (non-hydrogen) atoms. The smallest absolute Gasteiger partial charge is 0.232 e. The molecule has 1 heterocycles. The lowest BCUT2D eigenvalue weighted by Gasteiger charge is -2.25. The van der Waals surface area contributed by atoms with Crippen molar-refractivity contribution in [2.24, 2.45) is 5.92 Å². The van der Waals surface area contributed by atoms with Gasteiger partial charge in [0, 0.05) is 25.7 Å². The summed E-state index contributed by atoms with van der Waals surface area (Å²) in [4.78, 5) is 17.8. The third-order valence-electron chi connectivity index (χ3n) is 4.07. The van der Waals surface area contributed by atoms with Gasteiger partial charge in [-0.05, 0) is 45.4 Å². The van der Waals surface area contributed by atoms with Crippen LogP contribution in [0.1, 0.15) is 39.5 Å². The van der Waals surface area contributed by atoms with Crippen molar-refractivity contribution < 1.29 is 0 Å². The number of anilines is 3. The summed E-state index contributed by atoms with van der Waals surface area (Å²) in [5.41, 5.74) is 5.90. The second-order valence-corrected chi connectivity index (χ2v) is 5.79. The first-order valence-electron chi connectivity index (χ1n) is 7.74. The van der Waals surface area contributed by atoms with Crippen molar-refractivity contribution >= 4 is 17.8 Å². The van der Waals surface area contributed by atoms with Crippen LogP contribution in [0.15, 0.2) is 0 Å². The van der Waals surface area contributed by atoms with E-state index in [1.165, 1.54) is 25.7 Å². The summed E-state index contributed by atoms with van der Waals surface area (Å²) >= 11 is 0. The zero-order valence-corrected chi connectivity index (χ0v) is 12.4. The fourth-order valence-electron chi connectivity index (χ4n) is 2.50. The van der Waals surface area contributed by atoms with Crippen LogP contribution in [-0.4, -0.2) is 40.6 Å². The van der Waals surface area contributed by atoms with Gasteiger partial charge in [-0.15, -0.1) is 0 Å². The summed E-state index contributed by atoms with van der Waals surface area (Å²) in [5, 5.41) is 0. The van der Waals surface area contributed by atoms with Gasteiger partial charge in [-0.1, -0.05) is 0 Å². The van der Waals surface area contributed by atoms with Crippen LogP contribution in [0, 0.1) is 5.92 Å². The number of rotatable bonds is 7. The Morgan fingerprint density at radius 1 is 1.00 bits per heavy atom. The second kappa shape index (κ2) is 5.42. The van der Waals surface area contributed by atoms with Gasteiger partial charge in [0.2, 0.25) is 17.8 Å². The molecule has 0 aromatic carbocycles. The van der Waals surface area contributed by atoms with Gasteiger partial charge in [-0.2, -0.15) is 15.0 Å². The molecule has 110 valence electrons. The SMILES string of the molecule is CCN(CC)c1nc(N)nc(N(CC2CC2)C2CC2)n1. The highest BCUT2D eigenvalue weighted by molar-refractivity contribution is 5.45. The maximum Gasteiger partial charge on any atom is 0.232 e. The minimum Gasteiger partial charge on any atom is -0.368 e. The van der Waals surface area contributed by atoms with Crippen LogP contribution in [0.25, 0.3) is 0 Å². The first-order valence-corrected chi connectivity index (χ1v) is 7.74. The van der Waals surface area contributed by atoms with E-state index in [4.69, 9.17) is 5.73 Å². The second-order valence-electron chi connectivity index (χ2n) is 5.79. The molecule has 6 nitrogen and oxygen atoms in total. The maximum absolute atomic E-state index is 5.90. The van der Waals surface area contributed by atoms with E-state index in [1.807, 2.05) is 0 Å². The van der Waals surface area contributed by atoms with Crippen LogP contribution in [0.5, 0.6) is 0 Å². The molecule has 0 unspecified atom stereocenters. The zero-order chi connectivity index (χ0) is 14.1. The van der Waals surface area contributed by atoms with E-state index in [9.17, 15) is 0 Å². The van der Waals surface area contributed by atoms with Crippen LogP contribution < -0.4 is 15.5 Å². The highest BCUT2D eigenvalue weighted by Gasteiger charge is 2.35. The molecule has 0 saturated heterocycles. The Morgan fingerprint density at radius 3 is 2.20 bits per heavy atom. The lowest BCUT2D eigenvalue weighted by Crippen LogP contribution is -2.32. The number of nitrogens with zero attached hydrogens (tertiary/aromatic N) is 5. The van der Waals surface area contributed by atoms with E-state index in [1.54, 1.807) is 0 Å². The summed E-state index contributed by atoms with van der Waals surface area (Å²) in [6, 6.07) is 0.613. The van der Waals surface area contributed by atoms with Crippen molar-refractivity contribution in [3.05, 3.63) is 0 Å². The van der Waals surface area contributed by atoms with Gasteiger partial charge in [0.15, 0.2) is 0 Å². The lowest BCUT2D eigenvalue weighted by atomic mass is 10.3. The Hall–Kier alpha value is -1.59. The molecule has 0 atom stereocenters. The number of aromatic nitrogens is 3. The Labute approximate surface area is 120 Å². The minimum atomic E-state index is 0.332. The molecular formula is C14H24N6. The van der Waals surface area contributed by atoms with Crippen molar-refractivity contribution in [2.75, 3.05) is 35.2 Å². The molecule has 2 aliphatic rings. The molecule has 1 aromatic heterocycles. The molecule has 2 fully saturated rings. The Morgan fingerprint density at radius 2 is 1.65 bits per heavy atom. The van der Waals surface area contributed by atoms with Gasteiger partial charge >= 0.3 is 0 Å². The van der Waals surface area contributed by atoms with Crippen LogP contribution in [0.3, 0.4) is 0 Å². The van der Waals surface area contributed by atoms with E-state index in [2.05, 4.69) is 38.6 Å². The normalized spacial score (nSPS) is 18.1. The van der Waals surface area contributed by atoms with Crippen molar-refractivity contribution in [3.8, 4) is 0 Å². The molecule has 2 N–H and O–H groups in total. The predicted octanol–water partition coefficient (Wildman–Crippen LogP) is 1.68. The maximum atomic E-state index is 5.90. The summed E-state index contributed by atoms with van der Waals surface area (Å²) in [5.74, 6) is 2.64. The van der Waals surface area contributed by atoms with Gasteiger partial charge in [0.1, 0.15) is 0 Å². The summed E-state index contributed by atoms with van der Waals surface area (Å²) in [7, 11) is 0. The number of nitrogens with two attached hydrogens (primary N) is 1. The molecular weight excluding hydrogens is 252 g/mol. The molecule has 6 heteroatoms. The van der Waals surface area contributed by atoms with E-state index >= 15 is 0 Å². The highest BCUT2D eigenvalue weighted by Crippen LogP contribution is 2.36. The molecule has 0 bridgehead atoms. The van der Waals surface area contributed by atoms with Gasteiger partial charge < -0.3 is 15.5 Å². The van der Waals surface area contributed by atoms with Crippen LogP contribution in [0.4, 0.5) is 17.8 Å². The summed E-state index contributed by atoms with van der Waals surface area (Å²) in [6.45, 7) is 7.04. The quantitative estimate of drug-likeness (QED) is 0.817. The molecule has 3 rings (SSSR count). The lowest BCUT2D eigenvalue weighted by molar-refractivity contribution is 0.691. The number of nitrogen functional groups attached to an aromatic ring is 1. The minimum absolute atomic E-state index is 0.332. The predicted molar refractivity (Wildman–Crippen MR) is 80.9 cm³/mol. The standard InChI is InChI=1S/C14H24N6/c1-3-19(4-2)13-16-12(15)17-14(18-13)20(11-7-8-11)9-10-5-6-10/h10-11H,3-9H2,1-2H3,(H2,15,16,17,18). The molecule has 0 aliphatic heterocycles. The average Bonchev–Trinajstić information content (AvgIpc) is 3.29. The topological polar surface area (TPSA) is 71.2 Å². The Bertz CT molecular complexity index is 465. The molecule has 0 radical (unpaired) electrons. The first kappa shape index (κ1) is 13.4. The fourth-order valence-corrected chi connectivity index (χ4v) is 2.50. The van der Waals surface area contributed by atoms with Crippen LogP contribution in [0.2, 0.25) is 0 Å². The number of hydrogen-bond acceptors (Lipinski definition) is 6. The monoisotopic (exact) mass is 276 g/mol. The van der Waals surface area contributed by atoms with Crippen molar-refractivity contribution in [1.29, 1.82) is 0 Å². The molecule has 0 amide bonds. The van der Waals surface area contributed by atoms with E-state index in [0.717, 1.165) is 31.5 Å². The third kappa shape index (κ3) is 2.94. The van der Waals surface area contributed by atoms with E-state index < -0.39 is 0 Å².